The first-order valence-electron chi connectivity index (χ1n) is 6.71. The van der Waals surface area contributed by atoms with E-state index in [1.165, 1.54) is 20.3 Å². The number of carbonyl (C=O) groups excluding carboxylic acids is 2. The van der Waals surface area contributed by atoms with E-state index in [1.54, 1.807) is 0 Å². The Kier molecular flexibility index (Phi) is 4.74. The van der Waals surface area contributed by atoms with Crippen LogP contribution in [0, 0.1) is 0 Å². The van der Waals surface area contributed by atoms with Crippen molar-refractivity contribution in [3.05, 3.63) is 22.6 Å². The molecule has 2 heterocycles. The van der Waals surface area contributed by atoms with Crippen LogP contribution in [0.15, 0.2) is 17.1 Å². The van der Waals surface area contributed by atoms with Crippen LogP contribution < -0.4 is 0 Å². The van der Waals surface area contributed by atoms with Gasteiger partial charge >= 0.3 is 11.9 Å². The van der Waals surface area contributed by atoms with Crippen molar-refractivity contribution in [1.29, 1.82) is 0 Å². The zero-order valence-corrected chi connectivity index (χ0v) is 14.0. The number of aromatic hydroxyl groups is 1. The summed E-state index contributed by atoms with van der Waals surface area (Å²) in [5.41, 5.74) is -0.0179. The fourth-order valence-corrected chi connectivity index (χ4v) is 2.80. The number of ether oxygens (including phenoxy) is 3. The average Bonchev–Trinajstić information content (AvgIpc) is 3.05. The van der Waals surface area contributed by atoms with Crippen LogP contribution in [0.4, 0.5) is 0 Å². The Morgan fingerprint density at radius 1 is 1.39 bits per heavy atom. The smallest absolute Gasteiger partial charge is 0.339 e. The molecule has 23 heavy (non-hydrogen) atoms. The van der Waals surface area contributed by atoms with E-state index in [-0.39, 0.29) is 16.2 Å². The molecule has 0 atom stereocenters. The zero-order chi connectivity index (χ0) is 17.2. The molecule has 0 unspecified atom stereocenters. The highest BCUT2D eigenvalue weighted by atomic mass is 32.1. The summed E-state index contributed by atoms with van der Waals surface area (Å²) >= 11 is 0.923. The molecule has 7 nitrogen and oxygen atoms in total. The second-order valence-corrected chi connectivity index (χ2v) is 6.45. The lowest BCUT2D eigenvalue weighted by Crippen LogP contribution is -2.17. The Morgan fingerprint density at radius 3 is 2.61 bits per heavy atom. The van der Waals surface area contributed by atoms with Gasteiger partial charge in [0.15, 0.2) is 5.06 Å². The summed E-state index contributed by atoms with van der Waals surface area (Å²) in [6.45, 7) is 4.21. The summed E-state index contributed by atoms with van der Waals surface area (Å²) in [4.78, 5) is 28.0. The quantitative estimate of drug-likeness (QED) is 0.663. The standard InChI is InChI=1S/C15H17NO6S/c1-15(2)7-22-12(16-15)9-5-10(23-14(9)19)8(13(18)21-4)6-11(17)20-3/h5-6,19H,7H2,1-4H3/b8-6-. The molecule has 0 saturated heterocycles. The number of thiophene rings is 1. The molecule has 1 aliphatic heterocycles. The number of esters is 2. The van der Waals surface area contributed by atoms with E-state index in [0.717, 1.165) is 17.4 Å². The highest BCUT2D eigenvalue weighted by molar-refractivity contribution is 7.15. The molecule has 1 aromatic rings. The second kappa shape index (κ2) is 6.41. The maximum absolute atomic E-state index is 11.9. The number of carbonyl (C=O) groups is 2. The summed E-state index contributed by atoms with van der Waals surface area (Å²) in [6.07, 6.45) is 1.02. The van der Waals surface area contributed by atoms with E-state index in [1.807, 2.05) is 13.8 Å². The summed E-state index contributed by atoms with van der Waals surface area (Å²) in [5.74, 6) is -1.11. The van der Waals surface area contributed by atoms with Crippen LogP contribution in [0.25, 0.3) is 5.57 Å². The Labute approximate surface area is 137 Å². The minimum atomic E-state index is -0.710. The molecule has 0 bridgehead atoms. The van der Waals surface area contributed by atoms with Crippen molar-refractivity contribution in [1.82, 2.24) is 0 Å². The molecule has 124 valence electrons. The maximum Gasteiger partial charge on any atom is 0.339 e. The number of nitrogens with zero attached hydrogens (tertiary/aromatic N) is 1. The van der Waals surface area contributed by atoms with Gasteiger partial charge in [0.2, 0.25) is 5.90 Å². The molecule has 0 saturated carbocycles. The summed E-state index contributed by atoms with van der Waals surface area (Å²) in [5, 5.41) is 10.1. The van der Waals surface area contributed by atoms with Gasteiger partial charge in [-0.05, 0) is 19.9 Å². The number of hydrogen-bond donors (Lipinski definition) is 1. The number of aliphatic imine (C=N–C) groups is 1. The van der Waals surface area contributed by atoms with Gasteiger partial charge < -0.3 is 19.3 Å². The van der Waals surface area contributed by atoms with Crippen molar-refractivity contribution >= 4 is 34.7 Å². The molecule has 0 spiro atoms. The van der Waals surface area contributed by atoms with Crippen molar-refractivity contribution in [3.8, 4) is 5.06 Å². The molecule has 0 aliphatic carbocycles. The van der Waals surface area contributed by atoms with E-state index in [4.69, 9.17) is 4.74 Å². The minimum absolute atomic E-state index is 0.0104. The molecular weight excluding hydrogens is 322 g/mol. The third-order valence-corrected chi connectivity index (χ3v) is 4.01. The van der Waals surface area contributed by atoms with Gasteiger partial charge in [-0.25, -0.2) is 14.6 Å². The fourth-order valence-electron chi connectivity index (χ4n) is 1.91. The lowest BCUT2D eigenvalue weighted by Gasteiger charge is -2.07. The van der Waals surface area contributed by atoms with Crippen LogP contribution in [0.2, 0.25) is 0 Å². The van der Waals surface area contributed by atoms with Crippen LogP contribution in [-0.2, 0) is 23.8 Å². The molecule has 0 amide bonds. The van der Waals surface area contributed by atoms with Gasteiger partial charge in [0, 0.05) is 11.0 Å². The summed E-state index contributed by atoms with van der Waals surface area (Å²) in [7, 11) is 2.41. The van der Waals surface area contributed by atoms with E-state index in [9.17, 15) is 14.7 Å². The van der Waals surface area contributed by atoms with E-state index >= 15 is 0 Å². The minimum Gasteiger partial charge on any atom is -0.499 e. The van der Waals surface area contributed by atoms with Gasteiger partial charge in [-0.15, -0.1) is 0 Å². The van der Waals surface area contributed by atoms with Gasteiger partial charge in [0.25, 0.3) is 0 Å². The lowest BCUT2D eigenvalue weighted by atomic mass is 10.1. The van der Waals surface area contributed by atoms with Crippen molar-refractivity contribution in [2.24, 2.45) is 4.99 Å². The predicted molar refractivity (Wildman–Crippen MR) is 84.6 cm³/mol. The van der Waals surface area contributed by atoms with Gasteiger partial charge in [0.1, 0.15) is 6.61 Å². The zero-order valence-electron chi connectivity index (χ0n) is 13.2. The van der Waals surface area contributed by atoms with Gasteiger partial charge in [-0.3, -0.25) is 0 Å². The molecule has 0 aromatic carbocycles. The summed E-state index contributed by atoms with van der Waals surface area (Å²) < 4.78 is 14.7. The first-order valence-corrected chi connectivity index (χ1v) is 7.53. The van der Waals surface area contributed by atoms with Gasteiger partial charge in [0.05, 0.1) is 30.9 Å². The van der Waals surface area contributed by atoms with Crippen molar-refractivity contribution in [2.75, 3.05) is 20.8 Å². The molecule has 8 heteroatoms. The maximum atomic E-state index is 11.9. The fraction of sp³-hybridized carbons (Fsp3) is 0.400. The first-order chi connectivity index (χ1) is 10.8. The van der Waals surface area contributed by atoms with Gasteiger partial charge in [-0.1, -0.05) is 11.3 Å². The largest absolute Gasteiger partial charge is 0.499 e. The Morgan fingerprint density at radius 2 is 2.09 bits per heavy atom. The van der Waals surface area contributed by atoms with Crippen LogP contribution in [0.1, 0.15) is 24.3 Å². The second-order valence-electron chi connectivity index (χ2n) is 5.42. The van der Waals surface area contributed by atoms with Crippen LogP contribution in [0.5, 0.6) is 5.06 Å². The van der Waals surface area contributed by atoms with E-state index in [0.29, 0.717) is 22.9 Å². The molecule has 1 N–H and O–H groups in total. The summed E-state index contributed by atoms with van der Waals surface area (Å²) in [6, 6.07) is 1.53. The van der Waals surface area contributed by atoms with Crippen LogP contribution >= 0.6 is 11.3 Å². The molecule has 0 radical (unpaired) electrons. The third kappa shape index (κ3) is 3.70. The number of hydrogen-bond acceptors (Lipinski definition) is 8. The highest BCUT2D eigenvalue weighted by Crippen LogP contribution is 2.36. The lowest BCUT2D eigenvalue weighted by molar-refractivity contribution is -0.136. The first kappa shape index (κ1) is 17.0. The normalized spacial score (nSPS) is 16.5. The molecule has 2 rings (SSSR count). The average molecular weight is 339 g/mol. The van der Waals surface area contributed by atoms with Crippen molar-refractivity contribution in [3.63, 3.8) is 0 Å². The van der Waals surface area contributed by atoms with Crippen LogP contribution in [-0.4, -0.2) is 49.3 Å². The van der Waals surface area contributed by atoms with Crippen molar-refractivity contribution in [2.45, 2.75) is 19.4 Å². The van der Waals surface area contributed by atoms with Crippen molar-refractivity contribution < 1.29 is 28.9 Å². The van der Waals surface area contributed by atoms with Gasteiger partial charge in [-0.2, -0.15) is 0 Å². The Bertz CT molecular complexity index is 701. The molecule has 1 aromatic heterocycles. The molecule has 1 aliphatic rings. The monoisotopic (exact) mass is 339 g/mol. The van der Waals surface area contributed by atoms with E-state index < -0.39 is 11.9 Å². The number of rotatable bonds is 4. The Hall–Kier alpha value is -2.35. The third-order valence-electron chi connectivity index (χ3n) is 3.04. The highest BCUT2D eigenvalue weighted by Gasteiger charge is 2.30. The molecule has 0 fully saturated rings. The molecular formula is C15H17NO6S. The SMILES string of the molecule is COC(=O)/C=C(\C(=O)OC)c1cc(C2=NC(C)(C)CO2)c(O)s1. The van der Waals surface area contributed by atoms with Crippen LogP contribution in [0.3, 0.4) is 0 Å². The predicted octanol–water partition coefficient (Wildman–Crippen LogP) is 1.74. The van der Waals surface area contributed by atoms with E-state index in [2.05, 4.69) is 14.5 Å². The Balaban J connectivity index is 2.44. The number of methoxy groups -OCH3 is 2. The topological polar surface area (TPSA) is 94.4 Å².